The van der Waals surface area contributed by atoms with Crippen LogP contribution in [0.25, 0.3) is 0 Å². The lowest BCUT2D eigenvalue weighted by atomic mass is 9.61. The molecule has 4 rings (SSSR count). The molecule has 1 heteroatoms. The van der Waals surface area contributed by atoms with Crippen molar-refractivity contribution in [2.75, 3.05) is 6.61 Å². The summed E-state index contributed by atoms with van der Waals surface area (Å²) >= 11 is 0. The minimum Gasteiger partial charge on any atom is -0.494 e. The van der Waals surface area contributed by atoms with Crippen LogP contribution in [0.3, 0.4) is 0 Å². The van der Waals surface area contributed by atoms with Gasteiger partial charge in [0.15, 0.2) is 0 Å². The Morgan fingerprint density at radius 3 is 2.54 bits per heavy atom. The maximum atomic E-state index is 5.71. The summed E-state index contributed by atoms with van der Waals surface area (Å²) in [7, 11) is 0. The Kier molecular flexibility index (Phi) is 6.81. The number of benzene rings is 1. The Morgan fingerprint density at radius 2 is 1.71 bits per heavy atom. The van der Waals surface area contributed by atoms with E-state index in [1.165, 1.54) is 70.6 Å². The van der Waals surface area contributed by atoms with E-state index in [0.29, 0.717) is 0 Å². The van der Waals surface area contributed by atoms with Crippen molar-refractivity contribution in [1.29, 1.82) is 0 Å². The van der Waals surface area contributed by atoms with Gasteiger partial charge in [-0.2, -0.15) is 0 Å². The molecule has 0 radical (unpaired) electrons. The highest BCUT2D eigenvalue weighted by atomic mass is 16.5. The van der Waals surface area contributed by atoms with Gasteiger partial charge in [0.25, 0.3) is 0 Å². The molecule has 5 unspecified atom stereocenters. The first-order valence-electron chi connectivity index (χ1n) is 12.1. The SMILES string of the molecule is CC=CCCC1CCC2CC(C3CCc4cc(OCC)ccc4C3)CCC2C1. The molecule has 2 saturated carbocycles. The van der Waals surface area contributed by atoms with Crippen molar-refractivity contribution < 1.29 is 4.74 Å². The second kappa shape index (κ2) is 9.51. The molecule has 5 atom stereocenters. The Hall–Kier alpha value is -1.24. The largest absolute Gasteiger partial charge is 0.494 e. The molecule has 3 aliphatic carbocycles. The number of fused-ring (bicyclic) bond motifs is 2. The molecule has 0 bridgehead atoms. The molecule has 2 fully saturated rings. The van der Waals surface area contributed by atoms with E-state index >= 15 is 0 Å². The third-order valence-electron chi connectivity index (χ3n) is 8.16. The molecule has 154 valence electrons. The number of rotatable bonds is 6. The van der Waals surface area contributed by atoms with E-state index in [0.717, 1.165) is 41.9 Å². The van der Waals surface area contributed by atoms with E-state index in [9.17, 15) is 0 Å². The predicted octanol–water partition coefficient (Wildman–Crippen LogP) is 7.38. The van der Waals surface area contributed by atoms with Gasteiger partial charge >= 0.3 is 0 Å². The van der Waals surface area contributed by atoms with Crippen molar-refractivity contribution in [1.82, 2.24) is 0 Å². The van der Waals surface area contributed by atoms with Gasteiger partial charge < -0.3 is 4.74 Å². The summed E-state index contributed by atoms with van der Waals surface area (Å²) in [4.78, 5) is 0. The molecule has 0 aliphatic heterocycles. The van der Waals surface area contributed by atoms with Crippen LogP contribution < -0.4 is 4.74 Å². The summed E-state index contributed by atoms with van der Waals surface area (Å²) in [6.07, 6.45) is 20.4. The molecule has 0 N–H and O–H groups in total. The summed E-state index contributed by atoms with van der Waals surface area (Å²) in [5.74, 6) is 6.07. The summed E-state index contributed by atoms with van der Waals surface area (Å²) in [6.45, 7) is 4.99. The lowest BCUT2D eigenvalue weighted by Crippen LogP contribution is -2.35. The zero-order valence-electron chi connectivity index (χ0n) is 18.2. The molecular formula is C27H40O. The monoisotopic (exact) mass is 380 g/mol. The van der Waals surface area contributed by atoms with Gasteiger partial charge in [0.1, 0.15) is 5.75 Å². The van der Waals surface area contributed by atoms with Crippen LogP contribution in [0.5, 0.6) is 5.75 Å². The number of aryl methyl sites for hydroxylation is 1. The van der Waals surface area contributed by atoms with Crippen LogP contribution in [0, 0.1) is 29.6 Å². The molecular weight excluding hydrogens is 340 g/mol. The van der Waals surface area contributed by atoms with E-state index < -0.39 is 0 Å². The van der Waals surface area contributed by atoms with Crippen molar-refractivity contribution in [3.8, 4) is 5.75 Å². The zero-order chi connectivity index (χ0) is 19.3. The van der Waals surface area contributed by atoms with E-state index in [1.807, 2.05) is 0 Å². The van der Waals surface area contributed by atoms with Crippen LogP contribution in [0.1, 0.15) is 82.8 Å². The maximum absolute atomic E-state index is 5.71. The average molecular weight is 381 g/mol. The second-order valence-electron chi connectivity index (χ2n) is 9.79. The average Bonchev–Trinajstić information content (AvgIpc) is 2.73. The van der Waals surface area contributed by atoms with Crippen LogP contribution >= 0.6 is 0 Å². The highest BCUT2D eigenvalue weighted by Crippen LogP contribution is 2.49. The quantitative estimate of drug-likeness (QED) is 0.468. The van der Waals surface area contributed by atoms with Gasteiger partial charge in [-0.05, 0) is 131 Å². The number of ether oxygens (including phenoxy) is 1. The van der Waals surface area contributed by atoms with Crippen molar-refractivity contribution in [3.63, 3.8) is 0 Å². The normalized spacial score (nSPS) is 32.7. The van der Waals surface area contributed by atoms with Gasteiger partial charge in [0.2, 0.25) is 0 Å². The first kappa shape index (κ1) is 20.0. The van der Waals surface area contributed by atoms with Gasteiger partial charge in [-0.3, -0.25) is 0 Å². The van der Waals surface area contributed by atoms with Gasteiger partial charge in [0.05, 0.1) is 6.61 Å². The molecule has 0 spiro atoms. The molecule has 1 aromatic rings. The Balaban J connectivity index is 1.30. The zero-order valence-corrected chi connectivity index (χ0v) is 18.2. The third kappa shape index (κ3) is 4.66. The number of allylic oxidation sites excluding steroid dienone is 2. The first-order valence-corrected chi connectivity index (χ1v) is 12.1. The number of hydrogen-bond acceptors (Lipinski definition) is 1. The summed E-state index contributed by atoms with van der Waals surface area (Å²) in [6, 6.07) is 6.85. The molecule has 0 aromatic heterocycles. The molecule has 0 saturated heterocycles. The van der Waals surface area contributed by atoms with E-state index in [1.54, 1.807) is 11.1 Å². The highest BCUT2D eigenvalue weighted by Gasteiger charge is 2.38. The van der Waals surface area contributed by atoms with Crippen molar-refractivity contribution in [3.05, 3.63) is 41.5 Å². The highest BCUT2D eigenvalue weighted by molar-refractivity contribution is 5.37. The van der Waals surface area contributed by atoms with Crippen molar-refractivity contribution >= 4 is 0 Å². The van der Waals surface area contributed by atoms with Crippen LogP contribution in [0.15, 0.2) is 30.4 Å². The Bertz CT molecular complexity index is 660. The minimum absolute atomic E-state index is 0.766. The maximum Gasteiger partial charge on any atom is 0.119 e. The molecule has 0 heterocycles. The van der Waals surface area contributed by atoms with Gasteiger partial charge in [-0.15, -0.1) is 0 Å². The molecule has 0 amide bonds. The van der Waals surface area contributed by atoms with Crippen LogP contribution in [0.2, 0.25) is 0 Å². The van der Waals surface area contributed by atoms with Crippen LogP contribution in [-0.2, 0) is 12.8 Å². The summed E-state index contributed by atoms with van der Waals surface area (Å²) in [5.41, 5.74) is 3.16. The standard InChI is InChI=1S/C27H40O/c1-3-5-6-7-20-8-9-22-17-23(11-10-21(22)16-20)24-12-13-26-19-27(28-4-2)15-14-25(26)18-24/h3,5,14-15,19-24H,4,6-13,16-18H2,1-2H3. The first-order chi connectivity index (χ1) is 13.8. The van der Waals surface area contributed by atoms with E-state index in [4.69, 9.17) is 4.74 Å². The topological polar surface area (TPSA) is 9.23 Å². The smallest absolute Gasteiger partial charge is 0.119 e. The van der Waals surface area contributed by atoms with Crippen molar-refractivity contribution in [2.24, 2.45) is 29.6 Å². The number of hydrogen-bond donors (Lipinski definition) is 0. The second-order valence-corrected chi connectivity index (χ2v) is 9.79. The molecule has 1 aromatic carbocycles. The minimum atomic E-state index is 0.766. The Morgan fingerprint density at radius 1 is 0.929 bits per heavy atom. The summed E-state index contributed by atoms with van der Waals surface area (Å²) < 4.78 is 5.71. The molecule has 28 heavy (non-hydrogen) atoms. The van der Waals surface area contributed by atoms with Gasteiger partial charge in [0, 0.05) is 0 Å². The lowest BCUT2D eigenvalue weighted by molar-refractivity contribution is 0.0699. The molecule has 1 nitrogen and oxygen atoms in total. The fourth-order valence-corrected chi connectivity index (χ4v) is 6.63. The van der Waals surface area contributed by atoms with E-state index in [2.05, 4.69) is 44.2 Å². The van der Waals surface area contributed by atoms with Crippen LogP contribution in [0.4, 0.5) is 0 Å². The van der Waals surface area contributed by atoms with Crippen molar-refractivity contribution in [2.45, 2.75) is 84.5 Å². The van der Waals surface area contributed by atoms with Crippen LogP contribution in [-0.4, -0.2) is 6.61 Å². The molecule has 3 aliphatic rings. The van der Waals surface area contributed by atoms with Gasteiger partial charge in [-0.25, -0.2) is 0 Å². The van der Waals surface area contributed by atoms with Gasteiger partial charge in [-0.1, -0.05) is 24.6 Å². The van der Waals surface area contributed by atoms with E-state index in [-0.39, 0.29) is 0 Å². The Labute approximate surface area is 173 Å². The summed E-state index contributed by atoms with van der Waals surface area (Å²) in [5, 5.41) is 0. The third-order valence-corrected chi connectivity index (χ3v) is 8.16. The fraction of sp³-hybridized carbons (Fsp3) is 0.704. The fourth-order valence-electron chi connectivity index (χ4n) is 6.63. The predicted molar refractivity (Wildman–Crippen MR) is 119 cm³/mol. The lowest BCUT2D eigenvalue weighted by Gasteiger charge is -2.45.